The van der Waals surface area contributed by atoms with Gasteiger partial charge in [0.15, 0.2) is 0 Å². The predicted molar refractivity (Wildman–Crippen MR) is 170 cm³/mol. The number of likely N-dealkylation sites (N-methyl/N-ethyl adjacent to an activating group) is 1. The van der Waals surface area contributed by atoms with Crippen molar-refractivity contribution in [2.75, 3.05) is 33.2 Å². The minimum absolute atomic E-state index is 0. The van der Waals surface area contributed by atoms with Crippen LogP contribution in [0, 0.1) is 0 Å². The second-order valence-corrected chi connectivity index (χ2v) is 12.9. The number of unbranched alkanes of at least 4 members (excludes halogenated alkanes) is 20. The second kappa shape index (κ2) is 24.7. The van der Waals surface area contributed by atoms with Gasteiger partial charge in [-0.1, -0.05) is 166 Å². The Labute approximate surface area is 260 Å². The molecule has 0 bridgehead atoms. The molecule has 40 heavy (non-hydrogen) atoms. The maximum absolute atomic E-state index is 12.7. The number of hydrogen-bond donors (Lipinski definition) is 0. The Morgan fingerprint density at radius 1 is 0.625 bits per heavy atom. The zero-order chi connectivity index (χ0) is 27.9. The SMILES string of the molecule is CCCCCCCCCCCCCCCCCCCCCCCC(=O)N1CC[N+](C)(Cc2ccccc2)CC1.[Br-]. The Bertz CT molecular complexity index is 702. The Morgan fingerprint density at radius 3 is 1.40 bits per heavy atom. The third-order valence-electron chi connectivity index (χ3n) is 9.07. The monoisotopic (exact) mass is 620 g/mol. The van der Waals surface area contributed by atoms with Crippen LogP contribution in [-0.2, 0) is 11.3 Å². The topological polar surface area (TPSA) is 20.3 Å². The van der Waals surface area contributed by atoms with Gasteiger partial charge < -0.3 is 26.4 Å². The van der Waals surface area contributed by atoms with E-state index in [4.69, 9.17) is 0 Å². The Morgan fingerprint density at radius 2 is 1.00 bits per heavy atom. The number of hydrogen-bond acceptors (Lipinski definition) is 1. The highest BCUT2D eigenvalue weighted by molar-refractivity contribution is 5.76. The van der Waals surface area contributed by atoms with Gasteiger partial charge in [0, 0.05) is 12.0 Å². The summed E-state index contributed by atoms with van der Waals surface area (Å²) in [5.41, 5.74) is 1.40. The van der Waals surface area contributed by atoms with Crippen molar-refractivity contribution < 1.29 is 26.3 Å². The fourth-order valence-corrected chi connectivity index (χ4v) is 6.25. The van der Waals surface area contributed by atoms with Gasteiger partial charge in [-0.15, -0.1) is 0 Å². The van der Waals surface area contributed by atoms with Crippen LogP contribution in [0.1, 0.15) is 154 Å². The normalized spacial score (nSPS) is 14.7. The van der Waals surface area contributed by atoms with E-state index in [1.54, 1.807) is 0 Å². The van der Waals surface area contributed by atoms with Crippen molar-refractivity contribution >= 4 is 5.91 Å². The van der Waals surface area contributed by atoms with Gasteiger partial charge in [-0.3, -0.25) is 4.79 Å². The van der Waals surface area contributed by atoms with Crippen molar-refractivity contribution in [1.29, 1.82) is 0 Å². The minimum atomic E-state index is 0. The highest BCUT2D eigenvalue weighted by Gasteiger charge is 2.30. The fourth-order valence-electron chi connectivity index (χ4n) is 6.25. The lowest BCUT2D eigenvalue weighted by Gasteiger charge is -2.42. The van der Waals surface area contributed by atoms with E-state index in [1.807, 2.05) is 0 Å². The largest absolute Gasteiger partial charge is 1.00 e. The summed E-state index contributed by atoms with van der Waals surface area (Å²) in [5.74, 6) is 0.388. The maximum Gasteiger partial charge on any atom is 0.222 e. The van der Waals surface area contributed by atoms with E-state index >= 15 is 0 Å². The summed E-state index contributed by atoms with van der Waals surface area (Å²) in [6.45, 7) is 7.34. The van der Waals surface area contributed by atoms with E-state index in [0.717, 1.165) is 50.0 Å². The highest BCUT2D eigenvalue weighted by Crippen LogP contribution is 2.18. The Hall–Kier alpha value is -0.870. The smallest absolute Gasteiger partial charge is 0.222 e. The zero-order valence-electron chi connectivity index (χ0n) is 26.7. The third kappa shape index (κ3) is 18.5. The van der Waals surface area contributed by atoms with Gasteiger partial charge in [-0.2, -0.15) is 0 Å². The molecule has 0 spiro atoms. The molecule has 0 aromatic heterocycles. The molecule has 0 N–H and O–H groups in total. The first kappa shape index (κ1) is 37.2. The summed E-state index contributed by atoms with van der Waals surface area (Å²) in [7, 11) is 2.34. The van der Waals surface area contributed by atoms with Gasteiger partial charge in [0.2, 0.25) is 5.91 Å². The van der Waals surface area contributed by atoms with Crippen LogP contribution in [-0.4, -0.2) is 48.5 Å². The summed E-state index contributed by atoms with van der Waals surface area (Å²) in [5, 5.41) is 0. The Balaban J connectivity index is 0.00000800. The molecule has 1 aromatic carbocycles. The van der Waals surface area contributed by atoms with Crippen LogP contribution >= 0.6 is 0 Å². The van der Waals surface area contributed by atoms with Crippen molar-refractivity contribution in [3.8, 4) is 0 Å². The van der Waals surface area contributed by atoms with Crippen molar-refractivity contribution in [2.45, 2.75) is 155 Å². The molecule has 2 rings (SSSR count). The third-order valence-corrected chi connectivity index (χ3v) is 9.07. The molecular weight excluding hydrogens is 556 g/mol. The summed E-state index contributed by atoms with van der Waals surface area (Å²) in [6.07, 6.45) is 30.2. The van der Waals surface area contributed by atoms with Gasteiger partial charge in [0.05, 0.1) is 33.2 Å². The first-order valence-corrected chi connectivity index (χ1v) is 17.3. The number of benzene rings is 1. The van der Waals surface area contributed by atoms with E-state index in [1.165, 1.54) is 134 Å². The molecule has 0 atom stereocenters. The van der Waals surface area contributed by atoms with Crippen LogP contribution in [0.15, 0.2) is 30.3 Å². The minimum Gasteiger partial charge on any atom is -1.00 e. The molecule has 3 nitrogen and oxygen atoms in total. The summed E-state index contributed by atoms with van der Waals surface area (Å²) in [6, 6.07) is 10.8. The highest BCUT2D eigenvalue weighted by atomic mass is 79.9. The van der Waals surface area contributed by atoms with E-state index in [9.17, 15) is 4.79 Å². The molecule has 0 radical (unpaired) electrons. The summed E-state index contributed by atoms with van der Waals surface area (Å²) in [4.78, 5) is 14.8. The molecule has 4 heteroatoms. The van der Waals surface area contributed by atoms with E-state index in [2.05, 4.69) is 49.2 Å². The molecule has 1 aromatic rings. The molecule has 232 valence electrons. The van der Waals surface area contributed by atoms with Crippen LogP contribution in [0.3, 0.4) is 0 Å². The van der Waals surface area contributed by atoms with Gasteiger partial charge in [0.25, 0.3) is 0 Å². The molecule has 0 saturated carbocycles. The van der Waals surface area contributed by atoms with Crippen molar-refractivity contribution in [3.63, 3.8) is 0 Å². The van der Waals surface area contributed by atoms with E-state index in [0.29, 0.717) is 5.91 Å². The fraction of sp³-hybridized carbons (Fsp3) is 0.806. The van der Waals surface area contributed by atoms with Gasteiger partial charge in [-0.05, 0) is 6.42 Å². The Kier molecular flexibility index (Phi) is 22.9. The van der Waals surface area contributed by atoms with E-state index in [-0.39, 0.29) is 17.0 Å². The molecule has 0 aliphatic carbocycles. The van der Waals surface area contributed by atoms with Crippen LogP contribution < -0.4 is 17.0 Å². The molecule has 1 aliphatic rings. The number of halogens is 1. The van der Waals surface area contributed by atoms with Gasteiger partial charge >= 0.3 is 0 Å². The number of piperazine rings is 1. The number of carbonyl (C=O) groups is 1. The van der Waals surface area contributed by atoms with Gasteiger partial charge in [-0.25, -0.2) is 0 Å². The lowest BCUT2D eigenvalue weighted by molar-refractivity contribution is -0.926. The zero-order valence-corrected chi connectivity index (χ0v) is 28.2. The van der Waals surface area contributed by atoms with Crippen LogP contribution in [0.5, 0.6) is 0 Å². The van der Waals surface area contributed by atoms with Crippen molar-refractivity contribution in [1.82, 2.24) is 4.90 Å². The quantitative estimate of drug-likeness (QED) is 0.0893. The first-order valence-electron chi connectivity index (χ1n) is 17.3. The molecule has 1 aliphatic heterocycles. The summed E-state index contributed by atoms with van der Waals surface area (Å²) < 4.78 is 1.05. The molecule has 1 heterocycles. The molecule has 1 saturated heterocycles. The molecule has 1 fully saturated rings. The first-order chi connectivity index (χ1) is 19.1. The standard InChI is InChI=1S/C36H65N2O.BrH/c1-3-4-5-6-7-8-9-10-11-12-13-14-15-16-17-18-19-20-21-22-26-29-36(39)37-30-32-38(2,33-31-37)34-35-27-24-23-25-28-35;/h23-25,27-28H,3-22,26,29-34H2,1-2H3;1H/q+1;/p-1. The van der Waals surface area contributed by atoms with Crippen LogP contribution in [0.4, 0.5) is 0 Å². The van der Waals surface area contributed by atoms with E-state index < -0.39 is 0 Å². The lowest BCUT2D eigenvalue weighted by atomic mass is 10.0. The average Bonchev–Trinajstić information content (AvgIpc) is 2.94. The van der Waals surface area contributed by atoms with Crippen LogP contribution in [0.2, 0.25) is 0 Å². The van der Waals surface area contributed by atoms with Crippen molar-refractivity contribution in [3.05, 3.63) is 35.9 Å². The number of carbonyl (C=O) groups excluding carboxylic acids is 1. The number of rotatable bonds is 24. The van der Waals surface area contributed by atoms with Crippen molar-refractivity contribution in [2.24, 2.45) is 0 Å². The number of nitrogens with zero attached hydrogens (tertiary/aromatic N) is 2. The second-order valence-electron chi connectivity index (χ2n) is 12.9. The molecular formula is C36H65BrN2O. The predicted octanol–water partition coefficient (Wildman–Crippen LogP) is 7.08. The molecule has 1 amide bonds. The average molecular weight is 622 g/mol. The number of amides is 1. The maximum atomic E-state index is 12.7. The lowest BCUT2D eigenvalue weighted by Crippen LogP contribution is -3.00. The molecule has 0 unspecified atom stereocenters. The number of quaternary nitrogens is 1. The van der Waals surface area contributed by atoms with Crippen LogP contribution in [0.25, 0.3) is 0 Å². The summed E-state index contributed by atoms with van der Waals surface area (Å²) >= 11 is 0. The van der Waals surface area contributed by atoms with Gasteiger partial charge in [0.1, 0.15) is 6.54 Å².